The van der Waals surface area contributed by atoms with Crippen LogP contribution < -0.4 is 10.2 Å². The van der Waals surface area contributed by atoms with Crippen molar-refractivity contribution in [2.45, 2.75) is 20.5 Å². The largest absolute Gasteiger partial charge is 0.485 e. The minimum Gasteiger partial charge on any atom is -0.485 e. The van der Waals surface area contributed by atoms with E-state index >= 15 is 0 Å². The molecule has 3 aromatic rings. The smallest absolute Gasteiger partial charge is 0.307 e. The molecule has 1 N–H and O–H groups in total. The number of benzene rings is 1. The van der Waals surface area contributed by atoms with Crippen molar-refractivity contribution in [3.63, 3.8) is 0 Å². The van der Waals surface area contributed by atoms with Crippen molar-refractivity contribution in [2.75, 3.05) is 0 Å². The monoisotopic (exact) mass is 372 g/mol. The zero-order valence-electron chi connectivity index (χ0n) is 14.3. The lowest BCUT2D eigenvalue weighted by Gasteiger charge is -2.08. The average molecular weight is 372 g/mol. The van der Waals surface area contributed by atoms with Crippen LogP contribution in [0.5, 0.6) is 5.75 Å². The average Bonchev–Trinajstić information content (AvgIpc) is 3.23. The molecule has 0 aliphatic heterocycles. The number of thiophene rings is 1. The summed E-state index contributed by atoms with van der Waals surface area (Å²) in [7, 11) is 0. The molecule has 0 aliphatic rings. The summed E-state index contributed by atoms with van der Waals surface area (Å²) in [5, 5.41) is 3.47. The summed E-state index contributed by atoms with van der Waals surface area (Å²) >= 11 is 0.939. The zero-order valence-corrected chi connectivity index (χ0v) is 15.1. The first kappa shape index (κ1) is 17.9. The van der Waals surface area contributed by atoms with Crippen LogP contribution in [0.1, 0.15) is 32.3 Å². The number of hydrazone groups is 1. The second-order valence-corrected chi connectivity index (χ2v) is 6.73. The Hall–Kier alpha value is -2.93. The Balaban J connectivity index is 1.55. The van der Waals surface area contributed by atoms with Crippen LogP contribution in [0.25, 0.3) is 0 Å². The molecule has 3 rings (SSSR count). The highest BCUT2D eigenvalue weighted by Gasteiger charge is 2.11. The first-order chi connectivity index (χ1) is 12.5. The number of halogens is 1. The fourth-order valence-electron chi connectivity index (χ4n) is 2.29. The third kappa shape index (κ3) is 4.58. The molecular formula is C19H17FN2O3S. The lowest BCUT2D eigenvalue weighted by Crippen LogP contribution is -2.16. The van der Waals surface area contributed by atoms with Crippen LogP contribution in [0.4, 0.5) is 4.39 Å². The molecule has 0 bridgehead atoms. The Morgan fingerprint density at radius 2 is 2.12 bits per heavy atom. The predicted molar refractivity (Wildman–Crippen MR) is 98.3 cm³/mol. The van der Waals surface area contributed by atoms with Gasteiger partial charge in [-0.3, -0.25) is 4.79 Å². The van der Waals surface area contributed by atoms with E-state index in [1.165, 1.54) is 12.3 Å². The second-order valence-electron chi connectivity index (χ2n) is 5.66. The second kappa shape index (κ2) is 7.97. The third-order valence-corrected chi connectivity index (χ3v) is 4.35. The fourth-order valence-corrected chi connectivity index (χ4v) is 2.90. The molecule has 0 radical (unpaired) electrons. The number of rotatable bonds is 6. The van der Waals surface area contributed by atoms with Crippen LogP contribution in [0.15, 0.2) is 52.0 Å². The number of nitrogens with one attached hydrogen (secondary N) is 1. The van der Waals surface area contributed by atoms with Crippen molar-refractivity contribution in [1.29, 1.82) is 0 Å². The molecule has 26 heavy (non-hydrogen) atoms. The van der Waals surface area contributed by atoms with Gasteiger partial charge in [0.15, 0.2) is 10.9 Å². The number of carbonyl (C=O) groups excluding carboxylic acids is 1. The van der Waals surface area contributed by atoms with E-state index in [2.05, 4.69) is 10.5 Å². The van der Waals surface area contributed by atoms with Gasteiger partial charge in [0.1, 0.15) is 18.1 Å². The Labute approximate surface area is 154 Å². The lowest BCUT2D eigenvalue weighted by atomic mass is 10.1. The first-order valence-corrected chi connectivity index (χ1v) is 8.70. The quantitative estimate of drug-likeness (QED) is 0.514. The summed E-state index contributed by atoms with van der Waals surface area (Å²) in [5.41, 5.74) is 4.54. The first-order valence-electron chi connectivity index (χ1n) is 7.89. The predicted octanol–water partition coefficient (Wildman–Crippen LogP) is 4.44. The minimum absolute atomic E-state index is 0.124. The van der Waals surface area contributed by atoms with Crippen LogP contribution in [-0.2, 0) is 6.61 Å². The maximum absolute atomic E-state index is 12.9. The summed E-state index contributed by atoms with van der Waals surface area (Å²) < 4.78 is 24.1. The molecule has 134 valence electrons. The number of nitrogens with zero attached hydrogens (tertiary/aromatic N) is 1. The Morgan fingerprint density at radius 1 is 1.27 bits per heavy atom. The molecule has 5 nitrogen and oxygen atoms in total. The molecule has 0 saturated carbocycles. The Kier molecular flexibility index (Phi) is 5.48. The van der Waals surface area contributed by atoms with Crippen molar-refractivity contribution in [1.82, 2.24) is 5.43 Å². The van der Waals surface area contributed by atoms with Crippen LogP contribution in [0, 0.1) is 19.0 Å². The van der Waals surface area contributed by atoms with Gasteiger partial charge in [-0.25, -0.2) is 5.43 Å². The SMILES string of the molecule is Cc1ccc(OCc2ccc(C(=O)N/N=C/c3ccc(F)s3)o2)c(C)c1. The number of amides is 1. The van der Waals surface area contributed by atoms with Gasteiger partial charge in [-0.05, 0) is 49.7 Å². The molecule has 0 unspecified atom stereocenters. The summed E-state index contributed by atoms with van der Waals surface area (Å²) in [6.45, 7) is 4.21. The highest BCUT2D eigenvalue weighted by molar-refractivity contribution is 7.12. The summed E-state index contributed by atoms with van der Waals surface area (Å²) in [6, 6.07) is 12.1. The van der Waals surface area contributed by atoms with Crippen molar-refractivity contribution in [3.05, 3.63) is 75.1 Å². The van der Waals surface area contributed by atoms with E-state index in [1.807, 2.05) is 32.0 Å². The van der Waals surface area contributed by atoms with Crippen LogP contribution in [0.2, 0.25) is 0 Å². The van der Waals surface area contributed by atoms with Gasteiger partial charge < -0.3 is 9.15 Å². The number of furan rings is 1. The molecule has 0 aliphatic carbocycles. The van der Waals surface area contributed by atoms with Gasteiger partial charge in [0.05, 0.1) is 11.1 Å². The van der Waals surface area contributed by atoms with Crippen LogP contribution in [0.3, 0.4) is 0 Å². The topological polar surface area (TPSA) is 63.8 Å². The van der Waals surface area contributed by atoms with Crippen molar-refractivity contribution in [2.24, 2.45) is 5.10 Å². The lowest BCUT2D eigenvalue weighted by molar-refractivity contribution is 0.0923. The van der Waals surface area contributed by atoms with E-state index in [0.29, 0.717) is 10.6 Å². The standard InChI is InChI=1S/C19H17FN2O3S/c1-12-3-6-16(13(2)9-12)24-11-14-4-7-17(25-14)19(23)22-21-10-15-5-8-18(20)26-15/h3-10H,11H2,1-2H3,(H,22,23)/b21-10+. The number of hydrogen-bond donors (Lipinski definition) is 1. The van der Waals surface area contributed by atoms with Gasteiger partial charge in [-0.2, -0.15) is 9.49 Å². The Morgan fingerprint density at radius 3 is 2.85 bits per heavy atom. The molecule has 2 heterocycles. The highest BCUT2D eigenvalue weighted by Crippen LogP contribution is 2.20. The van der Waals surface area contributed by atoms with Gasteiger partial charge in [-0.15, -0.1) is 11.3 Å². The molecule has 0 atom stereocenters. The zero-order chi connectivity index (χ0) is 18.5. The van der Waals surface area contributed by atoms with E-state index in [0.717, 1.165) is 28.2 Å². The van der Waals surface area contributed by atoms with Gasteiger partial charge in [0, 0.05) is 0 Å². The summed E-state index contributed by atoms with van der Waals surface area (Å²) in [5.74, 6) is 0.931. The number of hydrogen-bond acceptors (Lipinski definition) is 5. The van der Waals surface area contributed by atoms with Crippen LogP contribution >= 0.6 is 11.3 Å². The summed E-state index contributed by atoms with van der Waals surface area (Å²) in [6.07, 6.45) is 1.37. The Bertz CT molecular complexity index is 946. The van der Waals surface area contributed by atoms with E-state index in [9.17, 15) is 9.18 Å². The molecular weight excluding hydrogens is 355 g/mol. The number of carbonyl (C=O) groups is 1. The van der Waals surface area contributed by atoms with E-state index in [1.54, 1.807) is 18.2 Å². The van der Waals surface area contributed by atoms with Crippen molar-refractivity contribution < 1.29 is 18.3 Å². The maximum Gasteiger partial charge on any atom is 0.307 e. The van der Waals surface area contributed by atoms with Gasteiger partial charge in [0.25, 0.3) is 0 Å². The minimum atomic E-state index is -0.490. The third-order valence-electron chi connectivity index (χ3n) is 3.54. The van der Waals surface area contributed by atoms with Gasteiger partial charge in [0.2, 0.25) is 0 Å². The fraction of sp³-hybridized carbons (Fsp3) is 0.158. The van der Waals surface area contributed by atoms with Gasteiger partial charge >= 0.3 is 5.91 Å². The van der Waals surface area contributed by atoms with Crippen molar-refractivity contribution >= 4 is 23.5 Å². The van der Waals surface area contributed by atoms with E-state index in [-0.39, 0.29) is 17.5 Å². The number of ether oxygens (including phenoxy) is 1. The molecule has 1 amide bonds. The van der Waals surface area contributed by atoms with E-state index in [4.69, 9.17) is 9.15 Å². The molecule has 0 spiro atoms. The van der Waals surface area contributed by atoms with E-state index < -0.39 is 5.91 Å². The normalized spacial score (nSPS) is 11.0. The highest BCUT2D eigenvalue weighted by atomic mass is 32.1. The number of aryl methyl sites for hydroxylation is 2. The van der Waals surface area contributed by atoms with Gasteiger partial charge in [-0.1, -0.05) is 17.7 Å². The van der Waals surface area contributed by atoms with Crippen molar-refractivity contribution in [3.8, 4) is 5.75 Å². The molecule has 2 aromatic heterocycles. The molecule has 0 fully saturated rings. The van der Waals surface area contributed by atoms with Crippen LogP contribution in [-0.4, -0.2) is 12.1 Å². The maximum atomic E-state index is 12.9. The molecule has 0 saturated heterocycles. The molecule has 1 aromatic carbocycles. The summed E-state index contributed by atoms with van der Waals surface area (Å²) in [4.78, 5) is 12.6. The molecule has 7 heteroatoms.